The highest BCUT2D eigenvalue weighted by atomic mass is 79.9. The van der Waals surface area contributed by atoms with E-state index in [1.54, 1.807) is 14.2 Å². The highest BCUT2D eigenvalue weighted by molar-refractivity contribution is 9.10. The van der Waals surface area contributed by atoms with E-state index in [9.17, 15) is 0 Å². The number of ether oxygens (including phenoxy) is 2. The number of benzene rings is 1. The maximum absolute atomic E-state index is 5.42. The molecule has 0 amide bonds. The molecule has 0 spiro atoms. The van der Waals surface area contributed by atoms with Crippen molar-refractivity contribution in [3.05, 3.63) is 28.2 Å². The van der Waals surface area contributed by atoms with Crippen molar-refractivity contribution in [3.8, 4) is 11.5 Å². The van der Waals surface area contributed by atoms with Gasteiger partial charge in [0.2, 0.25) is 0 Å². The first-order valence-electron chi connectivity index (χ1n) is 6.40. The molecular weight excluding hydrogens is 306 g/mol. The first kappa shape index (κ1) is 16.1. The van der Waals surface area contributed by atoms with Crippen molar-refractivity contribution in [1.82, 2.24) is 5.32 Å². The van der Waals surface area contributed by atoms with Crippen molar-refractivity contribution in [3.63, 3.8) is 0 Å². The van der Waals surface area contributed by atoms with E-state index in [0.29, 0.717) is 6.04 Å². The first-order chi connectivity index (χ1) is 9.10. The van der Waals surface area contributed by atoms with Gasteiger partial charge in [0.1, 0.15) is 16.0 Å². The van der Waals surface area contributed by atoms with E-state index >= 15 is 0 Å². The minimum absolute atomic E-state index is 0.526. The molecule has 1 aromatic carbocycles. The Labute approximate surface area is 124 Å². The number of hydrogen-bond donors (Lipinski definition) is 1. The summed E-state index contributed by atoms with van der Waals surface area (Å²) in [5.41, 5.74) is 1.04. The summed E-state index contributed by atoms with van der Waals surface area (Å²) in [5, 5.41) is 3.38. The van der Waals surface area contributed by atoms with Crippen LogP contribution in [0.5, 0.6) is 11.5 Å². The molecule has 0 aromatic heterocycles. The predicted octanol–water partition coefficient (Wildman–Crippen LogP) is 3.87. The van der Waals surface area contributed by atoms with E-state index in [1.807, 2.05) is 12.1 Å². The van der Waals surface area contributed by atoms with Gasteiger partial charge in [-0.05, 0) is 41.0 Å². The van der Waals surface area contributed by atoms with Crippen molar-refractivity contribution in [2.75, 3.05) is 20.8 Å². The lowest BCUT2D eigenvalue weighted by molar-refractivity contribution is 0.389. The largest absolute Gasteiger partial charge is 0.495 e. The van der Waals surface area contributed by atoms with Crippen LogP contribution in [-0.2, 0) is 0 Å². The van der Waals surface area contributed by atoms with Gasteiger partial charge in [0.15, 0.2) is 0 Å². The van der Waals surface area contributed by atoms with Crippen molar-refractivity contribution < 1.29 is 9.47 Å². The molecule has 4 heteroatoms. The normalized spacial score (nSPS) is 11.3. The third kappa shape index (κ3) is 4.88. The molecule has 19 heavy (non-hydrogen) atoms. The van der Waals surface area contributed by atoms with E-state index < -0.39 is 0 Å². The second-order valence-corrected chi connectivity index (χ2v) is 5.30. The van der Waals surface area contributed by atoms with Gasteiger partial charge in [0.05, 0.1) is 14.2 Å². The van der Waals surface area contributed by atoms with Crippen LogP contribution in [0.3, 0.4) is 0 Å². The Kier molecular flexibility index (Phi) is 6.95. The van der Waals surface area contributed by atoms with Gasteiger partial charge in [-0.2, -0.15) is 0 Å². The summed E-state index contributed by atoms with van der Waals surface area (Å²) in [7, 11) is 3.31. The average molecular weight is 328 g/mol. The van der Waals surface area contributed by atoms with E-state index in [-0.39, 0.29) is 0 Å². The fourth-order valence-corrected chi connectivity index (χ4v) is 2.40. The summed E-state index contributed by atoms with van der Waals surface area (Å²) in [5.74, 6) is 1.57. The Hall–Kier alpha value is -1.00. The minimum atomic E-state index is 0.526. The van der Waals surface area contributed by atoms with Gasteiger partial charge in [0.25, 0.3) is 0 Å². The Balaban J connectivity index is 2.73. The lowest BCUT2D eigenvalue weighted by Crippen LogP contribution is -2.23. The van der Waals surface area contributed by atoms with E-state index in [4.69, 9.17) is 9.47 Å². The quantitative estimate of drug-likeness (QED) is 0.771. The summed E-state index contributed by atoms with van der Waals surface area (Å²) in [6.45, 7) is 5.27. The molecule has 0 bridgehead atoms. The molecule has 0 heterocycles. The number of rotatable bonds is 7. The Bertz CT molecular complexity index is 430. The van der Waals surface area contributed by atoms with Gasteiger partial charge in [-0.1, -0.05) is 26.0 Å². The molecular formula is C15H22BrNO2. The van der Waals surface area contributed by atoms with Crippen LogP contribution < -0.4 is 14.8 Å². The van der Waals surface area contributed by atoms with Gasteiger partial charge in [-0.3, -0.25) is 0 Å². The van der Waals surface area contributed by atoms with Crippen molar-refractivity contribution >= 4 is 22.0 Å². The molecule has 0 saturated carbocycles. The monoisotopic (exact) mass is 327 g/mol. The summed E-state index contributed by atoms with van der Waals surface area (Å²) in [6.07, 6.45) is 5.21. The topological polar surface area (TPSA) is 30.5 Å². The molecule has 3 nitrogen and oxygen atoms in total. The molecule has 0 saturated heterocycles. The van der Waals surface area contributed by atoms with Crippen molar-refractivity contribution in [2.24, 2.45) is 0 Å². The third-order valence-electron chi connectivity index (χ3n) is 2.68. The van der Waals surface area contributed by atoms with E-state index in [2.05, 4.69) is 47.2 Å². The maximum atomic E-state index is 5.42. The molecule has 0 aliphatic heterocycles. The first-order valence-corrected chi connectivity index (χ1v) is 7.19. The van der Waals surface area contributed by atoms with Crippen LogP contribution >= 0.6 is 15.9 Å². The molecule has 1 aromatic rings. The van der Waals surface area contributed by atoms with Gasteiger partial charge >= 0.3 is 0 Å². The average Bonchev–Trinajstić information content (AvgIpc) is 2.38. The van der Waals surface area contributed by atoms with Crippen molar-refractivity contribution in [1.29, 1.82) is 0 Å². The summed E-state index contributed by atoms with van der Waals surface area (Å²) >= 11 is 3.50. The third-order valence-corrected chi connectivity index (χ3v) is 3.43. The molecule has 0 radical (unpaired) electrons. The molecule has 0 aliphatic rings. The number of hydrogen-bond acceptors (Lipinski definition) is 3. The molecule has 0 fully saturated rings. The zero-order valence-electron chi connectivity index (χ0n) is 12.0. The Morgan fingerprint density at radius 1 is 1.26 bits per heavy atom. The molecule has 1 rings (SSSR count). The fourth-order valence-electron chi connectivity index (χ4n) is 1.71. The number of methoxy groups -OCH3 is 2. The molecule has 0 aliphatic carbocycles. The lowest BCUT2D eigenvalue weighted by Gasteiger charge is -2.11. The molecule has 0 unspecified atom stereocenters. The second-order valence-electron chi connectivity index (χ2n) is 4.50. The number of halogens is 1. The van der Waals surface area contributed by atoms with Crippen molar-refractivity contribution in [2.45, 2.75) is 26.3 Å². The lowest BCUT2D eigenvalue weighted by atomic mass is 10.1. The standard InChI is InChI=1S/C15H22BrNO2/c1-11(2)17-10-6-5-7-12-8-9-13(18-3)14(16)15(12)19-4/h5,7-9,11,17H,6,10H2,1-4H3/b7-5+. The van der Waals surface area contributed by atoms with Crippen LogP contribution in [0, 0.1) is 0 Å². The second kappa shape index (κ2) is 8.23. The van der Waals surface area contributed by atoms with Gasteiger partial charge in [0, 0.05) is 11.6 Å². The van der Waals surface area contributed by atoms with E-state index in [0.717, 1.165) is 34.5 Å². The van der Waals surface area contributed by atoms with Crippen LogP contribution in [0.4, 0.5) is 0 Å². The van der Waals surface area contributed by atoms with Gasteiger partial charge < -0.3 is 14.8 Å². The highest BCUT2D eigenvalue weighted by Gasteiger charge is 2.10. The maximum Gasteiger partial charge on any atom is 0.144 e. The zero-order valence-corrected chi connectivity index (χ0v) is 13.6. The van der Waals surface area contributed by atoms with E-state index in [1.165, 1.54) is 0 Å². The predicted molar refractivity (Wildman–Crippen MR) is 84.0 cm³/mol. The van der Waals surface area contributed by atoms with Crippen LogP contribution in [0.15, 0.2) is 22.7 Å². The summed E-state index contributed by atoms with van der Waals surface area (Å²) in [6, 6.07) is 4.45. The fraction of sp³-hybridized carbons (Fsp3) is 0.467. The van der Waals surface area contributed by atoms with Gasteiger partial charge in [-0.25, -0.2) is 0 Å². The van der Waals surface area contributed by atoms with Crippen LogP contribution in [0.25, 0.3) is 6.08 Å². The number of nitrogens with one attached hydrogen (secondary N) is 1. The molecule has 1 N–H and O–H groups in total. The minimum Gasteiger partial charge on any atom is -0.495 e. The van der Waals surface area contributed by atoms with Crippen LogP contribution in [-0.4, -0.2) is 26.8 Å². The van der Waals surface area contributed by atoms with Crippen LogP contribution in [0.2, 0.25) is 0 Å². The smallest absolute Gasteiger partial charge is 0.144 e. The molecule has 106 valence electrons. The SMILES string of the molecule is COc1ccc(/C=C/CCNC(C)C)c(OC)c1Br. The Morgan fingerprint density at radius 2 is 2.00 bits per heavy atom. The zero-order chi connectivity index (χ0) is 14.3. The van der Waals surface area contributed by atoms with Crippen LogP contribution in [0.1, 0.15) is 25.8 Å². The summed E-state index contributed by atoms with van der Waals surface area (Å²) in [4.78, 5) is 0. The van der Waals surface area contributed by atoms with Gasteiger partial charge in [-0.15, -0.1) is 0 Å². The molecule has 0 atom stereocenters. The Morgan fingerprint density at radius 3 is 2.58 bits per heavy atom. The highest BCUT2D eigenvalue weighted by Crippen LogP contribution is 2.37. The summed E-state index contributed by atoms with van der Waals surface area (Å²) < 4.78 is 11.5.